The fourth-order valence-electron chi connectivity index (χ4n) is 4.89. The first-order valence-electron chi connectivity index (χ1n) is 13.2. The third-order valence-electron chi connectivity index (χ3n) is 7.17. The van der Waals surface area contributed by atoms with Crippen LogP contribution in [0.15, 0.2) is 47.4 Å². The van der Waals surface area contributed by atoms with Crippen LogP contribution in [0.2, 0.25) is 5.02 Å². The lowest BCUT2D eigenvalue weighted by Gasteiger charge is -2.25. The summed E-state index contributed by atoms with van der Waals surface area (Å²) in [5, 5.41) is 12.0. The largest absolute Gasteiger partial charge is 0.447 e. The number of hydrogen-bond donors (Lipinski definition) is 2. The van der Waals surface area contributed by atoms with Crippen molar-refractivity contribution in [3.63, 3.8) is 0 Å². The summed E-state index contributed by atoms with van der Waals surface area (Å²) in [6.07, 6.45) is 5.06. The predicted molar refractivity (Wildman–Crippen MR) is 158 cm³/mol. The molecular weight excluding hydrogens is 550 g/mol. The smallest absolute Gasteiger partial charge is 0.410 e. The quantitative estimate of drug-likeness (QED) is 0.312. The lowest BCUT2D eigenvalue weighted by Crippen LogP contribution is -2.37. The second-order valence-corrected chi connectivity index (χ2v) is 12.1. The summed E-state index contributed by atoms with van der Waals surface area (Å²) in [6.45, 7) is 7.16. The van der Waals surface area contributed by atoms with E-state index in [1.54, 1.807) is 48.9 Å². The van der Waals surface area contributed by atoms with Crippen molar-refractivity contribution in [2.75, 3.05) is 18.9 Å². The van der Waals surface area contributed by atoms with Crippen LogP contribution in [-0.2, 0) is 16.9 Å². The van der Waals surface area contributed by atoms with E-state index in [2.05, 4.69) is 9.97 Å². The molecule has 0 saturated carbocycles. The van der Waals surface area contributed by atoms with Crippen LogP contribution in [0, 0.1) is 6.92 Å². The van der Waals surface area contributed by atoms with Gasteiger partial charge in [0, 0.05) is 29.0 Å². The monoisotopic (exact) mass is 581 g/mol. The Labute approximate surface area is 241 Å². The molecule has 2 fully saturated rings. The molecular formula is C29H32ClN5O4S. The zero-order valence-electron chi connectivity index (χ0n) is 22.7. The molecule has 2 saturated heterocycles. The van der Waals surface area contributed by atoms with Crippen LogP contribution in [0.3, 0.4) is 0 Å². The number of aliphatic hydroxyl groups is 1. The van der Waals surface area contributed by atoms with Gasteiger partial charge in [0.2, 0.25) is 0 Å². The first kappa shape index (κ1) is 28.1. The van der Waals surface area contributed by atoms with Gasteiger partial charge in [-0.3, -0.25) is 9.36 Å². The lowest BCUT2D eigenvalue weighted by molar-refractivity contribution is 0.0823. The fourth-order valence-corrected chi connectivity index (χ4v) is 5.97. The summed E-state index contributed by atoms with van der Waals surface area (Å²) in [6, 6.07) is 11.2. The summed E-state index contributed by atoms with van der Waals surface area (Å²) < 4.78 is 6.51. The molecule has 4 heterocycles. The molecule has 2 aromatic carbocycles. The first-order chi connectivity index (χ1) is 19.0. The lowest BCUT2D eigenvalue weighted by atomic mass is 10.0. The van der Waals surface area contributed by atoms with E-state index >= 15 is 0 Å². The molecule has 3 N–H and O–H groups in total. The molecule has 4 aromatic rings. The number of carbonyl (C=O) groups is 1. The highest BCUT2D eigenvalue weighted by Gasteiger charge is 2.34. The number of ether oxygens (including phenoxy) is 1. The molecule has 40 heavy (non-hydrogen) atoms. The van der Waals surface area contributed by atoms with Gasteiger partial charge in [0.1, 0.15) is 17.4 Å². The molecule has 1 amide bonds. The molecule has 11 heteroatoms. The highest BCUT2D eigenvalue weighted by Crippen LogP contribution is 2.35. The van der Waals surface area contributed by atoms with Gasteiger partial charge in [-0.25, -0.2) is 14.8 Å². The maximum atomic E-state index is 13.2. The van der Waals surface area contributed by atoms with Gasteiger partial charge in [-0.1, -0.05) is 23.7 Å². The number of aromatic nitrogens is 3. The van der Waals surface area contributed by atoms with Crippen molar-refractivity contribution in [2.45, 2.75) is 58.2 Å². The molecule has 210 valence electrons. The van der Waals surface area contributed by atoms with E-state index < -0.39 is 5.60 Å². The number of amides is 1. The number of thiazole rings is 1. The Morgan fingerprint density at radius 2 is 1.95 bits per heavy atom. The Bertz CT molecular complexity index is 1610. The van der Waals surface area contributed by atoms with Crippen molar-refractivity contribution in [2.24, 2.45) is 0 Å². The Morgan fingerprint density at radius 1 is 1.20 bits per heavy atom. The van der Waals surface area contributed by atoms with Gasteiger partial charge < -0.3 is 20.5 Å². The van der Waals surface area contributed by atoms with Gasteiger partial charge in [-0.05, 0) is 69.9 Å². The van der Waals surface area contributed by atoms with Gasteiger partial charge in [0.05, 0.1) is 34.0 Å². The van der Waals surface area contributed by atoms with Crippen LogP contribution >= 0.6 is 22.9 Å². The molecule has 2 aliphatic heterocycles. The summed E-state index contributed by atoms with van der Waals surface area (Å²) >= 11 is 7.32. The van der Waals surface area contributed by atoms with Crippen molar-refractivity contribution in [1.29, 1.82) is 0 Å². The number of benzene rings is 2. The normalized spacial score (nSPS) is 16.9. The highest BCUT2D eigenvalue weighted by atomic mass is 35.5. The minimum absolute atomic E-state index is 0.107. The molecule has 9 nitrogen and oxygen atoms in total. The number of halogens is 1. The maximum Gasteiger partial charge on any atom is 0.410 e. The van der Waals surface area contributed by atoms with Crippen LogP contribution in [-0.4, -0.2) is 49.8 Å². The van der Waals surface area contributed by atoms with Crippen LogP contribution in [0.25, 0.3) is 21.5 Å². The minimum Gasteiger partial charge on any atom is -0.447 e. The molecule has 0 spiro atoms. The maximum absolute atomic E-state index is 13.2. The molecule has 0 bridgehead atoms. The van der Waals surface area contributed by atoms with Crippen LogP contribution in [0.5, 0.6) is 0 Å². The summed E-state index contributed by atoms with van der Waals surface area (Å²) in [7, 11) is 0. The first-order valence-corrected chi connectivity index (χ1v) is 14.4. The number of hydrogen-bond acceptors (Lipinski definition) is 8. The number of nitrogens with two attached hydrogens (primary N) is 1. The second-order valence-electron chi connectivity index (χ2n) is 10.6. The standard InChI is InChI=1S/C22H21ClN4O2S.C7H11NO2/c1-12-26-18-9-15(20-25-10-19(30-20)22(2,3)29)17(24)8-16(18)21(28)27(12)11-13-4-6-14(23)7-5-13;9-7-8-4-2-1-3-6(8)5-10-7/h4-10,29H,11,24H2,1-3H3;6H,1-5H2. The van der Waals surface area contributed by atoms with Crippen LogP contribution in [0.1, 0.15) is 49.4 Å². The van der Waals surface area contributed by atoms with E-state index in [-0.39, 0.29) is 11.7 Å². The number of anilines is 1. The molecule has 2 aliphatic rings. The topological polar surface area (TPSA) is 124 Å². The zero-order valence-corrected chi connectivity index (χ0v) is 24.3. The molecule has 6 rings (SSSR count). The van der Waals surface area contributed by atoms with E-state index in [1.165, 1.54) is 17.8 Å². The van der Waals surface area contributed by atoms with E-state index in [1.807, 2.05) is 24.0 Å². The Morgan fingerprint density at radius 3 is 2.62 bits per heavy atom. The van der Waals surface area contributed by atoms with Gasteiger partial charge >= 0.3 is 6.09 Å². The van der Waals surface area contributed by atoms with Gasteiger partial charge in [0.15, 0.2) is 0 Å². The third kappa shape index (κ3) is 5.84. The SMILES string of the molecule is Cc1nc2cc(-c3ncc(C(C)(C)O)s3)c(N)cc2c(=O)n1Cc1ccc(Cl)cc1.O=C1OCC2CCCCN12. The number of rotatable bonds is 4. The summed E-state index contributed by atoms with van der Waals surface area (Å²) in [5.41, 5.74) is 7.81. The van der Waals surface area contributed by atoms with E-state index in [9.17, 15) is 14.7 Å². The Hall–Kier alpha value is -3.47. The average molecular weight is 582 g/mol. The Balaban J connectivity index is 0.000000269. The number of cyclic esters (lactones) is 1. The fraction of sp³-hybridized carbons (Fsp3) is 0.379. The second kappa shape index (κ2) is 11.2. The highest BCUT2D eigenvalue weighted by molar-refractivity contribution is 7.15. The number of aryl methyl sites for hydroxylation is 1. The third-order valence-corrected chi connectivity index (χ3v) is 8.77. The van der Waals surface area contributed by atoms with Crippen molar-refractivity contribution >= 4 is 45.6 Å². The van der Waals surface area contributed by atoms with Crippen LogP contribution < -0.4 is 11.3 Å². The van der Waals surface area contributed by atoms with Gasteiger partial charge in [-0.2, -0.15) is 0 Å². The number of piperidine rings is 1. The van der Waals surface area contributed by atoms with Crippen molar-refractivity contribution in [3.05, 3.63) is 74.2 Å². The zero-order chi connectivity index (χ0) is 28.6. The van der Waals surface area contributed by atoms with E-state index in [4.69, 9.17) is 22.1 Å². The number of carbonyl (C=O) groups excluding carboxylic acids is 1. The molecule has 1 unspecified atom stereocenters. The van der Waals surface area contributed by atoms with Crippen molar-refractivity contribution in [1.82, 2.24) is 19.4 Å². The van der Waals surface area contributed by atoms with Gasteiger partial charge in [-0.15, -0.1) is 11.3 Å². The molecule has 0 aliphatic carbocycles. The van der Waals surface area contributed by atoms with Crippen molar-refractivity contribution < 1.29 is 14.6 Å². The number of fused-ring (bicyclic) bond motifs is 2. The van der Waals surface area contributed by atoms with E-state index in [0.29, 0.717) is 57.2 Å². The molecule has 1 atom stereocenters. The predicted octanol–water partition coefficient (Wildman–Crippen LogP) is 5.33. The van der Waals surface area contributed by atoms with Gasteiger partial charge in [0.25, 0.3) is 5.56 Å². The molecule has 2 aromatic heterocycles. The summed E-state index contributed by atoms with van der Waals surface area (Å²) in [5.74, 6) is 0.606. The average Bonchev–Trinajstić information content (AvgIpc) is 3.56. The molecule has 0 radical (unpaired) electrons. The van der Waals surface area contributed by atoms with Crippen LogP contribution in [0.4, 0.5) is 10.5 Å². The Kier molecular flexibility index (Phi) is 7.85. The van der Waals surface area contributed by atoms with Crippen molar-refractivity contribution in [3.8, 4) is 10.6 Å². The number of nitrogen functional groups attached to an aromatic ring is 1. The minimum atomic E-state index is -0.980. The summed E-state index contributed by atoms with van der Waals surface area (Å²) in [4.78, 5) is 35.7. The van der Waals surface area contributed by atoms with E-state index in [0.717, 1.165) is 29.8 Å². The number of nitrogens with zero attached hydrogens (tertiary/aromatic N) is 4.